The van der Waals surface area contributed by atoms with Crippen molar-refractivity contribution in [2.45, 2.75) is 26.3 Å². The average molecular weight is 301 g/mol. The highest BCUT2D eigenvalue weighted by atomic mass is 35.5. The Morgan fingerprint density at radius 1 is 1.42 bits per heavy atom. The van der Waals surface area contributed by atoms with Crippen LogP contribution in [0.3, 0.4) is 0 Å². The molecule has 1 aliphatic rings. The Balaban J connectivity index is 2.15. The van der Waals surface area contributed by atoms with Gasteiger partial charge in [0.1, 0.15) is 0 Å². The molecule has 0 saturated carbocycles. The SMILES string of the molecule is CC1CCN(C(C)c2cc(Cl)ccc2Cl)CC1CN. The van der Waals surface area contributed by atoms with Crippen LogP contribution in [0.5, 0.6) is 0 Å². The molecule has 3 atom stereocenters. The summed E-state index contributed by atoms with van der Waals surface area (Å²) in [5, 5.41) is 1.53. The predicted molar refractivity (Wildman–Crippen MR) is 82.8 cm³/mol. The van der Waals surface area contributed by atoms with Gasteiger partial charge in [0.15, 0.2) is 0 Å². The Morgan fingerprint density at radius 3 is 2.84 bits per heavy atom. The Bertz CT molecular complexity index is 436. The quantitative estimate of drug-likeness (QED) is 0.915. The maximum atomic E-state index is 6.30. The van der Waals surface area contributed by atoms with Crippen molar-refractivity contribution in [3.05, 3.63) is 33.8 Å². The van der Waals surface area contributed by atoms with E-state index >= 15 is 0 Å². The second kappa shape index (κ2) is 6.45. The number of nitrogens with zero attached hydrogens (tertiary/aromatic N) is 1. The van der Waals surface area contributed by atoms with Crippen molar-refractivity contribution in [2.75, 3.05) is 19.6 Å². The van der Waals surface area contributed by atoms with E-state index in [4.69, 9.17) is 28.9 Å². The summed E-state index contributed by atoms with van der Waals surface area (Å²) in [6, 6.07) is 5.97. The molecule has 0 amide bonds. The normalized spacial score (nSPS) is 26.4. The fourth-order valence-corrected chi connectivity index (χ4v) is 3.32. The number of rotatable bonds is 3. The van der Waals surface area contributed by atoms with Gasteiger partial charge in [0, 0.05) is 22.6 Å². The molecule has 106 valence electrons. The lowest BCUT2D eigenvalue weighted by molar-refractivity contribution is 0.0979. The van der Waals surface area contributed by atoms with E-state index in [2.05, 4.69) is 18.7 Å². The van der Waals surface area contributed by atoms with E-state index in [1.54, 1.807) is 0 Å². The van der Waals surface area contributed by atoms with Crippen LogP contribution >= 0.6 is 23.2 Å². The minimum Gasteiger partial charge on any atom is -0.330 e. The fourth-order valence-electron chi connectivity index (χ4n) is 2.87. The molecule has 1 fully saturated rings. The van der Waals surface area contributed by atoms with Gasteiger partial charge in [0.25, 0.3) is 0 Å². The minimum absolute atomic E-state index is 0.285. The molecule has 19 heavy (non-hydrogen) atoms. The van der Waals surface area contributed by atoms with Crippen LogP contribution in [0.1, 0.15) is 31.9 Å². The number of halogens is 2. The Kier molecular flexibility index (Phi) is 5.13. The van der Waals surface area contributed by atoms with Crippen LogP contribution in [0.15, 0.2) is 18.2 Å². The van der Waals surface area contributed by atoms with Gasteiger partial charge in [-0.2, -0.15) is 0 Å². The van der Waals surface area contributed by atoms with Gasteiger partial charge in [-0.05, 0) is 62.0 Å². The first kappa shape index (κ1) is 15.1. The third kappa shape index (κ3) is 3.43. The molecule has 3 unspecified atom stereocenters. The van der Waals surface area contributed by atoms with Crippen LogP contribution in [-0.4, -0.2) is 24.5 Å². The monoisotopic (exact) mass is 300 g/mol. The van der Waals surface area contributed by atoms with E-state index in [9.17, 15) is 0 Å². The molecule has 0 aliphatic carbocycles. The Labute approximate surface area is 125 Å². The van der Waals surface area contributed by atoms with Crippen LogP contribution in [0, 0.1) is 11.8 Å². The van der Waals surface area contributed by atoms with Crippen LogP contribution in [-0.2, 0) is 0 Å². The number of benzene rings is 1. The molecule has 0 spiro atoms. The van der Waals surface area contributed by atoms with E-state index in [1.807, 2.05) is 18.2 Å². The number of hydrogen-bond acceptors (Lipinski definition) is 2. The summed E-state index contributed by atoms with van der Waals surface area (Å²) in [4.78, 5) is 2.47. The molecule has 1 aromatic rings. The van der Waals surface area contributed by atoms with Gasteiger partial charge in [-0.1, -0.05) is 30.1 Å². The second-order valence-corrected chi connectivity index (χ2v) is 6.44. The zero-order valence-electron chi connectivity index (χ0n) is 11.6. The van der Waals surface area contributed by atoms with Crippen molar-refractivity contribution in [1.29, 1.82) is 0 Å². The molecule has 0 aromatic heterocycles. The number of nitrogens with two attached hydrogens (primary N) is 1. The van der Waals surface area contributed by atoms with Crippen molar-refractivity contribution < 1.29 is 0 Å². The smallest absolute Gasteiger partial charge is 0.0454 e. The molecule has 0 bridgehead atoms. The van der Waals surface area contributed by atoms with Gasteiger partial charge >= 0.3 is 0 Å². The van der Waals surface area contributed by atoms with E-state index in [1.165, 1.54) is 6.42 Å². The van der Waals surface area contributed by atoms with Crippen molar-refractivity contribution in [2.24, 2.45) is 17.6 Å². The number of piperidine rings is 1. The number of hydrogen-bond donors (Lipinski definition) is 1. The summed E-state index contributed by atoms with van der Waals surface area (Å²) < 4.78 is 0. The van der Waals surface area contributed by atoms with Gasteiger partial charge in [0.05, 0.1) is 0 Å². The lowest BCUT2D eigenvalue weighted by Gasteiger charge is -2.40. The first-order valence-electron chi connectivity index (χ1n) is 6.92. The molecular formula is C15H22Cl2N2. The van der Waals surface area contributed by atoms with Gasteiger partial charge in [-0.15, -0.1) is 0 Å². The molecule has 4 heteroatoms. The van der Waals surface area contributed by atoms with Gasteiger partial charge in [-0.3, -0.25) is 4.90 Å². The average Bonchev–Trinajstić information content (AvgIpc) is 2.41. The minimum atomic E-state index is 0.285. The largest absolute Gasteiger partial charge is 0.330 e. The summed E-state index contributed by atoms with van der Waals surface area (Å²) in [5.41, 5.74) is 6.99. The Hall–Kier alpha value is -0.280. The zero-order chi connectivity index (χ0) is 14.0. The van der Waals surface area contributed by atoms with Crippen LogP contribution in [0.2, 0.25) is 10.0 Å². The molecule has 1 saturated heterocycles. The number of likely N-dealkylation sites (tertiary alicyclic amines) is 1. The first-order chi connectivity index (χ1) is 9.02. The summed E-state index contributed by atoms with van der Waals surface area (Å²) >= 11 is 12.4. The van der Waals surface area contributed by atoms with Crippen molar-refractivity contribution in [3.63, 3.8) is 0 Å². The molecule has 1 aliphatic heterocycles. The Morgan fingerprint density at radius 2 is 2.16 bits per heavy atom. The predicted octanol–water partition coefficient (Wildman–Crippen LogP) is 3.97. The molecule has 2 nitrogen and oxygen atoms in total. The van der Waals surface area contributed by atoms with Crippen molar-refractivity contribution in [3.8, 4) is 0 Å². The summed E-state index contributed by atoms with van der Waals surface area (Å²) in [6.45, 7) is 7.39. The van der Waals surface area contributed by atoms with Gasteiger partial charge in [0.2, 0.25) is 0 Å². The third-order valence-electron chi connectivity index (χ3n) is 4.40. The van der Waals surface area contributed by atoms with Crippen molar-refractivity contribution in [1.82, 2.24) is 4.90 Å². The topological polar surface area (TPSA) is 29.3 Å². The standard InChI is InChI=1S/C15H22Cl2N2/c1-10-5-6-19(9-12(10)8-18)11(2)14-7-13(16)3-4-15(14)17/h3-4,7,10-12H,5-6,8-9,18H2,1-2H3. The molecular weight excluding hydrogens is 279 g/mol. The molecule has 0 radical (unpaired) electrons. The highest BCUT2D eigenvalue weighted by Crippen LogP contribution is 2.33. The van der Waals surface area contributed by atoms with E-state index < -0.39 is 0 Å². The van der Waals surface area contributed by atoms with Crippen LogP contribution in [0.25, 0.3) is 0 Å². The van der Waals surface area contributed by atoms with Gasteiger partial charge < -0.3 is 5.73 Å². The summed E-state index contributed by atoms with van der Waals surface area (Å²) in [5.74, 6) is 1.29. The molecule has 2 N–H and O–H groups in total. The maximum Gasteiger partial charge on any atom is 0.0454 e. The maximum absolute atomic E-state index is 6.30. The van der Waals surface area contributed by atoms with E-state index in [0.717, 1.165) is 35.2 Å². The fraction of sp³-hybridized carbons (Fsp3) is 0.600. The highest BCUT2D eigenvalue weighted by molar-refractivity contribution is 6.33. The van der Waals surface area contributed by atoms with Crippen molar-refractivity contribution >= 4 is 23.2 Å². The molecule has 2 rings (SSSR count). The molecule has 1 aromatic carbocycles. The lowest BCUT2D eigenvalue weighted by Crippen LogP contribution is -2.43. The first-order valence-corrected chi connectivity index (χ1v) is 7.67. The summed E-state index contributed by atoms with van der Waals surface area (Å²) in [7, 11) is 0. The van der Waals surface area contributed by atoms with E-state index in [0.29, 0.717) is 11.8 Å². The molecule has 1 heterocycles. The van der Waals surface area contributed by atoms with Gasteiger partial charge in [-0.25, -0.2) is 0 Å². The lowest BCUT2D eigenvalue weighted by atomic mass is 9.86. The van der Waals surface area contributed by atoms with Crippen LogP contribution in [0.4, 0.5) is 0 Å². The second-order valence-electron chi connectivity index (χ2n) is 5.60. The van der Waals surface area contributed by atoms with E-state index in [-0.39, 0.29) is 6.04 Å². The van der Waals surface area contributed by atoms with Crippen LogP contribution < -0.4 is 5.73 Å². The third-order valence-corrected chi connectivity index (χ3v) is 4.98. The zero-order valence-corrected chi connectivity index (χ0v) is 13.1. The summed E-state index contributed by atoms with van der Waals surface area (Å²) in [6.07, 6.45) is 1.20. The highest BCUT2D eigenvalue weighted by Gasteiger charge is 2.28.